The fourth-order valence-electron chi connectivity index (χ4n) is 2.46. The van der Waals surface area contributed by atoms with Crippen molar-refractivity contribution < 1.29 is 4.79 Å². The van der Waals surface area contributed by atoms with E-state index >= 15 is 0 Å². The summed E-state index contributed by atoms with van der Waals surface area (Å²) in [6, 6.07) is 7.85. The number of rotatable bonds is 4. The molecule has 1 aliphatic rings. The Bertz CT molecular complexity index is 577. The van der Waals surface area contributed by atoms with Gasteiger partial charge in [-0.3, -0.25) is 15.0 Å². The second-order valence-electron chi connectivity index (χ2n) is 4.98. The first kappa shape index (κ1) is 13.3. The van der Waals surface area contributed by atoms with E-state index in [1.165, 1.54) is 29.7 Å². The fraction of sp³-hybridized carbons (Fsp3) is 0.333. The number of aromatic nitrogens is 1. The summed E-state index contributed by atoms with van der Waals surface area (Å²) in [5, 5.41) is 5.30. The Morgan fingerprint density at radius 2 is 2.20 bits per heavy atom. The van der Waals surface area contributed by atoms with Gasteiger partial charge in [-0.05, 0) is 43.6 Å². The Balaban J connectivity index is 1.68. The normalized spacial score (nSPS) is 15.4. The Hall–Kier alpha value is -1.72. The van der Waals surface area contributed by atoms with Crippen LogP contribution in [0, 0.1) is 0 Å². The average Bonchev–Trinajstić information content (AvgIpc) is 3.12. The number of hydrogen-bond acceptors (Lipinski definition) is 4. The van der Waals surface area contributed by atoms with Gasteiger partial charge in [0.1, 0.15) is 0 Å². The van der Waals surface area contributed by atoms with Gasteiger partial charge in [0.2, 0.25) is 0 Å². The molecule has 1 N–H and O–H groups in total. The van der Waals surface area contributed by atoms with E-state index < -0.39 is 0 Å². The van der Waals surface area contributed by atoms with Crippen LogP contribution < -0.4 is 5.32 Å². The molecule has 4 nitrogen and oxygen atoms in total. The van der Waals surface area contributed by atoms with Gasteiger partial charge in [0.15, 0.2) is 5.13 Å². The molecule has 2 heterocycles. The van der Waals surface area contributed by atoms with Gasteiger partial charge < -0.3 is 0 Å². The number of thiazole rings is 1. The molecule has 20 heavy (non-hydrogen) atoms. The molecule has 1 aliphatic heterocycles. The summed E-state index contributed by atoms with van der Waals surface area (Å²) >= 11 is 1.42. The van der Waals surface area contributed by atoms with Crippen molar-refractivity contribution in [3.05, 3.63) is 47.0 Å². The van der Waals surface area contributed by atoms with Crippen LogP contribution in [0.15, 0.2) is 35.8 Å². The molecular weight excluding hydrogens is 270 g/mol. The molecule has 1 aromatic heterocycles. The molecular formula is C15H17N3OS. The molecule has 2 aromatic rings. The summed E-state index contributed by atoms with van der Waals surface area (Å²) in [7, 11) is 0. The lowest BCUT2D eigenvalue weighted by atomic mass is 10.1. The van der Waals surface area contributed by atoms with E-state index in [2.05, 4.69) is 21.3 Å². The minimum atomic E-state index is -0.0942. The molecule has 0 bridgehead atoms. The second kappa shape index (κ2) is 6.15. The Morgan fingerprint density at radius 3 is 2.95 bits per heavy atom. The van der Waals surface area contributed by atoms with Crippen molar-refractivity contribution in [1.82, 2.24) is 9.88 Å². The van der Waals surface area contributed by atoms with Gasteiger partial charge in [0, 0.05) is 23.7 Å². The zero-order valence-corrected chi connectivity index (χ0v) is 12.0. The number of amides is 1. The largest absolute Gasteiger partial charge is 0.299 e. The van der Waals surface area contributed by atoms with Crippen LogP contribution in [-0.4, -0.2) is 28.9 Å². The maximum Gasteiger partial charge on any atom is 0.257 e. The van der Waals surface area contributed by atoms with Gasteiger partial charge in [-0.25, -0.2) is 4.98 Å². The predicted octanol–water partition coefficient (Wildman–Crippen LogP) is 2.99. The summed E-state index contributed by atoms with van der Waals surface area (Å²) in [5.41, 5.74) is 1.88. The molecule has 1 fully saturated rings. The van der Waals surface area contributed by atoms with Crippen LogP contribution in [0.4, 0.5) is 5.13 Å². The van der Waals surface area contributed by atoms with Crippen molar-refractivity contribution in [2.75, 3.05) is 18.4 Å². The standard InChI is InChI=1S/C15H17N3OS/c19-14(17-15-16-6-9-20-15)13-5-3-4-12(10-13)11-18-7-1-2-8-18/h3-6,9-10H,1-2,7-8,11H2,(H,16,17,19). The molecule has 1 saturated heterocycles. The smallest absolute Gasteiger partial charge is 0.257 e. The second-order valence-corrected chi connectivity index (χ2v) is 5.87. The molecule has 1 aromatic carbocycles. The quantitative estimate of drug-likeness (QED) is 0.940. The summed E-state index contributed by atoms with van der Waals surface area (Å²) in [5.74, 6) is -0.0942. The van der Waals surface area contributed by atoms with Crippen LogP contribution in [-0.2, 0) is 6.54 Å². The third kappa shape index (κ3) is 3.23. The Labute approximate surface area is 122 Å². The van der Waals surface area contributed by atoms with Crippen molar-refractivity contribution in [2.45, 2.75) is 19.4 Å². The third-order valence-electron chi connectivity index (χ3n) is 3.45. The topological polar surface area (TPSA) is 45.2 Å². The van der Waals surface area contributed by atoms with E-state index in [0.717, 1.165) is 19.6 Å². The van der Waals surface area contributed by atoms with E-state index in [9.17, 15) is 4.79 Å². The van der Waals surface area contributed by atoms with E-state index in [0.29, 0.717) is 10.7 Å². The number of carbonyl (C=O) groups is 1. The molecule has 0 saturated carbocycles. The van der Waals surface area contributed by atoms with Crippen LogP contribution in [0.1, 0.15) is 28.8 Å². The summed E-state index contributed by atoms with van der Waals surface area (Å²) < 4.78 is 0. The van der Waals surface area contributed by atoms with Crippen molar-refractivity contribution in [3.63, 3.8) is 0 Å². The van der Waals surface area contributed by atoms with Crippen LogP contribution in [0.5, 0.6) is 0 Å². The van der Waals surface area contributed by atoms with Crippen molar-refractivity contribution >= 4 is 22.4 Å². The number of carbonyl (C=O) groups excluding carboxylic acids is 1. The van der Waals surface area contributed by atoms with E-state index in [4.69, 9.17) is 0 Å². The highest BCUT2D eigenvalue weighted by molar-refractivity contribution is 7.13. The summed E-state index contributed by atoms with van der Waals surface area (Å²) in [6.45, 7) is 3.25. The van der Waals surface area contributed by atoms with Gasteiger partial charge in [-0.1, -0.05) is 12.1 Å². The van der Waals surface area contributed by atoms with Crippen LogP contribution in [0.3, 0.4) is 0 Å². The monoisotopic (exact) mass is 287 g/mol. The molecule has 1 amide bonds. The highest BCUT2D eigenvalue weighted by Crippen LogP contribution is 2.16. The lowest BCUT2D eigenvalue weighted by molar-refractivity contribution is 0.102. The molecule has 0 unspecified atom stereocenters. The predicted molar refractivity (Wildman–Crippen MR) is 81.0 cm³/mol. The van der Waals surface area contributed by atoms with Crippen LogP contribution in [0.25, 0.3) is 0 Å². The van der Waals surface area contributed by atoms with E-state index in [-0.39, 0.29) is 5.91 Å². The molecule has 0 atom stereocenters. The molecule has 0 radical (unpaired) electrons. The van der Waals surface area contributed by atoms with E-state index in [1.807, 2.05) is 23.6 Å². The van der Waals surface area contributed by atoms with Gasteiger partial charge in [0.05, 0.1) is 0 Å². The Morgan fingerprint density at radius 1 is 1.35 bits per heavy atom. The number of likely N-dealkylation sites (tertiary alicyclic amines) is 1. The molecule has 3 rings (SSSR count). The zero-order chi connectivity index (χ0) is 13.8. The van der Waals surface area contributed by atoms with Gasteiger partial charge >= 0.3 is 0 Å². The average molecular weight is 287 g/mol. The van der Waals surface area contributed by atoms with Crippen molar-refractivity contribution in [2.24, 2.45) is 0 Å². The molecule has 0 aliphatic carbocycles. The molecule has 5 heteroatoms. The highest BCUT2D eigenvalue weighted by atomic mass is 32.1. The number of anilines is 1. The maximum absolute atomic E-state index is 12.1. The first-order valence-corrected chi connectivity index (χ1v) is 7.71. The van der Waals surface area contributed by atoms with Crippen LogP contribution in [0.2, 0.25) is 0 Å². The first-order valence-electron chi connectivity index (χ1n) is 6.83. The van der Waals surface area contributed by atoms with Gasteiger partial charge in [-0.15, -0.1) is 11.3 Å². The summed E-state index contributed by atoms with van der Waals surface area (Å²) in [4.78, 5) is 18.6. The fourth-order valence-corrected chi connectivity index (χ4v) is 2.99. The lowest BCUT2D eigenvalue weighted by Gasteiger charge is -2.14. The minimum absolute atomic E-state index is 0.0942. The molecule has 0 spiro atoms. The minimum Gasteiger partial charge on any atom is -0.299 e. The zero-order valence-electron chi connectivity index (χ0n) is 11.2. The number of nitrogens with zero attached hydrogens (tertiary/aromatic N) is 2. The maximum atomic E-state index is 12.1. The Kier molecular flexibility index (Phi) is 4.08. The number of nitrogens with one attached hydrogen (secondary N) is 1. The molecule has 104 valence electrons. The highest BCUT2D eigenvalue weighted by Gasteiger charge is 2.13. The number of hydrogen-bond donors (Lipinski definition) is 1. The van der Waals surface area contributed by atoms with Crippen LogP contribution >= 0.6 is 11.3 Å². The number of benzene rings is 1. The van der Waals surface area contributed by atoms with Crippen molar-refractivity contribution in [3.8, 4) is 0 Å². The van der Waals surface area contributed by atoms with Gasteiger partial charge in [0.25, 0.3) is 5.91 Å². The third-order valence-corrected chi connectivity index (χ3v) is 4.14. The van der Waals surface area contributed by atoms with Crippen molar-refractivity contribution in [1.29, 1.82) is 0 Å². The summed E-state index contributed by atoms with van der Waals surface area (Å²) in [6.07, 6.45) is 4.25. The first-order chi connectivity index (χ1) is 9.81. The SMILES string of the molecule is O=C(Nc1nccs1)c1cccc(CN2CCCC2)c1. The lowest BCUT2D eigenvalue weighted by Crippen LogP contribution is -2.19. The van der Waals surface area contributed by atoms with Gasteiger partial charge in [-0.2, -0.15) is 0 Å². The van der Waals surface area contributed by atoms with E-state index in [1.54, 1.807) is 6.20 Å².